The Morgan fingerprint density at radius 3 is 1.97 bits per heavy atom. The Hall–Kier alpha value is -3.60. The van der Waals surface area contributed by atoms with Crippen LogP contribution < -0.4 is 4.74 Å². The van der Waals surface area contributed by atoms with Crippen LogP contribution in [-0.4, -0.2) is 47.7 Å². The zero-order chi connectivity index (χ0) is 22.6. The summed E-state index contributed by atoms with van der Waals surface area (Å²) < 4.78 is 6.06. The molecule has 0 unspecified atom stereocenters. The van der Waals surface area contributed by atoms with Crippen LogP contribution >= 0.6 is 0 Å². The van der Waals surface area contributed by atoms with Crippen molar-refractivity contribution < 1.29 is 9.53 Å². The number of ether oxygens (including phenoxy) is 1. The Morgan fingerprint density at radius 1 is 0.788 bits per heavy atom. The zero-order valence-corrected chi connectivity index (χ0v) is 18.7. The molecule has 0 aromatic heterocycles. The van der Waals surface area contributed by atoms with Gasteiger partial charge in [-0.1, -0.05) is 66.7 Å². The molecule has 5 rings (SSSR count). The van der Waals surface area contributed by atoms with Crippen molar-refractivity contribution in [2.75, 3.05) is 26.2 Å². The fourth-order valence-corrected chi connectivity index (χ4v) is 4.82. The number of carbonyl (C=O) groups excluding carboxylic acids is 1. The van der Waals surface area contributed by atoms with Crippen LogP contribution in [-0.2, 0) is 11.2 Å². The van der Waals surface area contributed by atoms with Crippen molar-refractivity contribution in [1.29, 1.82) is 5.41 Å². The highest BCUT2D eigenvalue weighted by atomic mass is 16.5. The third-order valence-corrected chi connectivity index (χ3v) is 6.62. The van der Waals surface area contributed by atoms with Gasteiger partial charge in [-0.15, -0.1) is 0 Å². The SMILES string of the molecule is N=C(CCCc1ccccc1)N1CCN(C(=O)C2c3ccccc3Oc3ccccc32)CC1. The molecule has 33 heavy (non-hydrogen) atoms. The average Bonchev–Trinajstić information content (AvgIpc) is 2.87. The molecule has 0 radical (unpaired) electrons. The molecule has 0 spiro atoms. The van der Waals surface area contributed by atoms with Gasteiger partial charge in [-0.05, 0) is 30.5 Å². The van der Waals surface area contributed by atoms with E-state index >= 15 is 0 Å². The van der Waals surface area contributed by atoms with E-state index in [1.54, 1.807) is 0 Å². The molecule has 1 N–H and O–H groups in total. The molecule has 168 valence electrons. The highest BCUT2D eigenvalue weighted by Crippen LogP contribution is 2.44. The van der Waals surface area contributed by atoms with Crippen LogP contribution in [0.4, 0.5) is 0 Å². The maximum atomic E-state index is 13.7. The third-order valence-electron chi connectivity index (χ3n) is 6.62. The first kappa shape index (κ1) is 21.3. The molecule has 3 aromatic carbocycles. The molecule has 0 bridgehead atoms. The number of nitrogens with zero attached hydrogens (tertiary/aromatic N) is 2. The number of hydrogen-bond acceptors (Lipinski definition) is 3. The average molecular weight is 440 g/mol. The third kappa shape index (κ3) is 4.49. The Labute approximate surface area is 195 Å². The van der Waals surface area contributed by atoms with E-state index in [9.17, 15) is 4.79 Å². The lowest BCUT2D eigenvalue weighted by Crippen LogP contribution is -2.51. The predicted octanol–water partition coefficient (Wildman–Crippen LogP) is 5.07. The van der Waals surface area contributed by atoms with E-state index in [2.05, 4.69) is 29.2 Å². The van der Waals surface area contributed by atoms with Crippen molar-refractivity contribution >= 4 is 11.7 Å². The molecule has 1 fully saturated rings. The minimum atomic E-state index is -0.344. The van der Waals surface area contributed by atoms with Gasteiger partial charge in [-0.25, -0.2) is 0 Å². The lowest BCUT2D eigenvalue weighted by Gasteiger charge is -2.38. The highest BCUT2D eigenvalue weighted by molar-refractivity contribution is 5.90. The smallest absolute Gasteiger partial charge is 0.234 e. The van der Waals surface area contributed by atoms with Crippen molar-refractivity contribution in [3.05, 3.63) is 95.6 Å². The van der Waals surface area contributed by atoms with Gasteiger partial charge in [0.25, 0.3) is 0 Å². The molecular weight excluding hydrogens is 410 g/mol. The fraction of sp³-hybridized carbons (Fsp3) is 0.286. The summed E-state index contributed by atoms with van der Waals surface area (Å²) in [5.41, 5.74) is 3.17. The van der Waals surface area contributed by atoms with Crippen molar-refractivity contribution in [1.82, 2.24) is 9.80 Å². The predicted molar refractivity (Wildman–Crippen MR) is 130 cm³/mol. The van der Waals surface area contributed by atoms with Crippen LogP contribution in [0.1, 0.15) is 35.4 Å². The van der Waals surface area contributed by atoms with Gasteiger partial charge >= 0.3 is 0 Å². The molecule has 2 aliphatic heterocycles. The first-order chi connectivity index (χ1) is 16.2. The molecule has 2 heterocycles. The van der Waals surface area contributed by atoms with Crippen molar-refractivity contribution in [2.24, 2.45) is 0 Å². The number of hydrogen-bond donors (Lipinski definition) is 1. The normalized spacial score (nSPS) is 15.4. The largest absolute Gasteiger partial charge is 0.457 e. The van der Waals surface area contributed by atoms with Gasteiger partial charge in [0.1, 0.15) is 11.5 Å². The topological polar surface area (TPSA) is 56.6 Å². The van der Waals surface area contributed by atoms with Crippen molar-refractivity contribution in [2.45, 2.75) is 25.2 Å². The van der Waals surface area contributed by atoms with E-state index < -0.39 is 0 Å². The number of amidine groups is 1. The zero-order valence-electron chi connectivity index (χ0n) is 18.7. The lowest BCUT2D eigenvalue weighted by molar-refractivity contribution is -0.133. The monoisotopic (exact) mass is 439 g/mol. The number of rotatable bonds is 5. The molecule has 0 aliphatic carbocycles. The number of benzene rings is 3. The second kappa shape index (κ2) is 9.49. The second-order valence-corrected chi connectivity index (χ2v) is 8.71. The molecule has 1 amide bonds. The highest BCUT2D eigenvalue weighted by Gasteiger charge is 2.36. The Balaban J connectivity index is 1.21. The molecule has 5 nitrogen and oxygen atoms in total. The molecule has 3 aromatic rings. The number of carbonyl (C=O) groups is 1. The van der Waals surface area contributed by atoms with Crippen LogP contribution in [0, 0.1) is 5.41 Å². The van der Waals surface area contributed by atoms with Crippen LogP contribution in [0.2, 0.25) is 0 Å². The minimum Gasteiger partial charge on any atom is -0.457 e. The first-order valence-electron chi connectivity index (χ1n) is 11.7. The summed E-state index contributed by atoms with van der Waals surface area (Å²) in [4.78, 5) is 17.8. The molecule has 2 aliphatic rings. The fourth-order valence-electron chi connectivity index (χ4n) is 4.82. The van der Waals surface area contributed by atoms with Gasteiger partial charge in [0.2, 0.25) is 5.91 Å². The maximum absolute atomic E-state index is 13.7. The molecule has 0 atom stereocenters. The van der Waals surface area contributed by atoms with Crippen LogP contribution in [0.5, 0.6) is 11.5 Å². The molecule has 0 saturated carbocycles. The Kier molecular flexibility index (Phi) is 6.11. The van der Waals surface area contributed by atoms with Crippen molar-refractivity contribution in [3.8, 4) is 11.5 Å². The molecule has 5 heteroatoms. The van der Waals surface area contributed by atoms with Gasteiger partial charge in [-0.2, -0.15) is 0 Å². The molecule has 1 saturated heterocycles. The summed E-state index contributed by atoms with van der Waals surface area (Å²) >= 11 is 0. The number of amides is 1. The number of piperazine rings is 1. The van der Waals surface area contributed by atoms with Crippen LogP contribution in [0.3, 0.4) is 0 Å². The summed E-state index contributed by atoms with van der Waals surface area (Å²) in [7, 11) is 0. The number of para-hydroxylation sites is 2. The van der Waals surface area contributed by atoms with E-state index in [1.807, 2.05) is 59.5 Å². The van der Waals surface area contributed by atoms with E-state index in [1.165, 1.54) is 5.56 Å². The summed E-state index contributed by atoms with van der Waals surface area (Å²) in [6.07, 6.45) is 2.73. The standard InChI is InChI=1S/C28H29N3O2/c29-26(16-8-11-21-9-2-1-3-10-21)30-17-19-31(20-18-30)28(32)27-22-12-4-6-14-24(22)33-25-15-7-5-13-23(25)27/h1-7,9-10,12-15,27,29H,8,11,16-20H2. The number of fused-ring (bicyclic) bond motifs is 2. The van der Waals surface area contributed by atoms with E-state index in [4.69, 9.17) is 10.1 Å². The summed E-state index contributed by atoms with van der Waals surface area (Å²) in [5, 5.41) is 8.52. The van der Waals surface area contributed by atoms with Crippen LogP contribution in [0.15, 0.2) is 78.9 Å². The van der Waals surface area contributed by atoms with Gasteiger partial charge in [-0.3, -0.25) is 10.2 Å². The summed E-state index contributed by atoms with van der Waals surface area (Å²) in [6, 6.07) is 26.1. The Bertz CT molecular complexity index is 1090. The number of nitrogens with one attached hydrogen (secondary N) is 1. The first-order valence-corrected chi connectivity index (χ1v) is 11.7. The van der Waals surface area contributed by atoms with Crippen LogP contribution in [0.25, 0.3) is 0 Å². The van der Waals surface area contributed by atoms with E-state index in [0.717, 1.165) is 41.9 Å². The van der Waals surface area contributed by atoms with E-state index in [0.29, 0.717) is 32.0 Å². The number of aryl methyl sites for hydroxylation is 1. The lowest BCUT2D eigenvalue weighted by atomic mass is 9.86. The summed E-state index contributed by atoms with van der Waals surface area (Å²) in [6.45, 7) is 2.70. The van der Waals surface area contributed by atoms with Gasteiger partial charge in [0.05, 0.1) is 11.8 Å². The maximum Gasteiger partial charge on any atom is 0.234 e. The van der Waals surface area contributed by atoms with Gasteiger partial charge < -0.3 is 14.5 Å². The van der Waals surface area contributed by atoms with Crippen molar-refractivity contribution in [3.63, 3.8) is 0 Å². The van der Waals surface area contributed by atoms with Gasteiger partial charge in [0, 0.05) is 43.7 Å². The minimum absolute atomic E-state index is 0.119. The summed E-state index contributed by atoms with van der Waals surface area (Å²) in [5.74, 6) is 1.97. The van der Waals surface area contributed by atoms with Gasteiger partial charge in [0.15, 0.2) is 0 Å². The second-order valence-electron chi connectivity index (χ2n) is 8.71. The van der Waals surface area contributed by atoms with E-state index in [-0.39, 0.29) is 11.8 Å². The Morgan fingerprint density at radius 2 is 1.33 bits per heavy atom. The quantitative estimate of drug-likeness (QED) is 0.446. The molecular formula is C28H29N3O2.